The number of aliphatic hydroxyl groups excluding tert-OH is 1. The van der Waals surface area contributed by atoms with Crippen LogP contribution in [-0.4, -0.2) is 76.1 Å². The van der Waals surface area contributed by atoms with E-state index in [0.717, 1.165) is 5.56 Å². The van der Waals surface area contributed by atoms with Gasteiger partial charge in [-0.05, 0) is 37.0 Å². The highest BCUT2D eigenvalue weighted by molar-refractivity contribution is 6.34. The molecule has 0 saturated carbocycles. The number of halogens is 1. The van der Waals surface area contributed by atoms with Crippen molar-refractivity contribution in [1.29, 1.82) is 0 Å². The van der Waals surface area contributed by atoms with Crippen LogP contribution in [0.25, 0.3) is 0 Å². The second-order valence-corrected chi connectivity index (χ2v) is 11.9. The third-order valence-electron chi connectivity index (χ3n) is 9.19. The largest absolute Gasteiger partial charge is 0.396 e. The molecule has 9 heteroatoms. The fourth-order valence-electron chi connectivity index (χ4n) is 7.28. The van der Waals surface area contributed by atoms with Crippen LogP contribution in [0.1, 0.15) is 31.7 Å². The third kappa shape index (κ3) is 4.48. The molecule has 2 aromatic carbocycles. The van der Waals surface area contributed by atoms with Crippen LogP contribution in [-0.2, 0) is 25.7 Å². The number of nitrogens with zero attached hydrogens (tertiary/aromatic N) is 3. The van der Waals surface area contributed by atoms with Crippen LogP contribution >= 0.6 is 11.6 Å². The van der Waals surface area contributed by atoms with Crippen LogP contribution in [0.5, 0.6) is 0 Å². The molecule has 2 aromatic rings. The average Bonchev–Trinajstić information content (AvgIpc) is 3.28. The van der Waals surface area contributed by atoms with Gasteiger partial charge in [0.25, 0.3) is 5.91 Å². The number of rotatable bonds is 8. The van der Waals surface area contributed by atoms with E-state index in [-0.39, 0.29) is 37.4 Å². The lowest BCUT2D eigenvalue weighted by Crippen LogP contribution is -2.56. The first-order valence-electron chi connectivity index (χ1n) is 14.7. The summed E-state index contributed by atoms with van der Waals surface area (Å²) in [6, 6.07) is 16.0. The van der Waals surface area contributed by atoms with Crippen molar-refractivity contribution in [3.05, 3.63) is 89.5 Å². The zero-order chi connectivity index (χ0) is 29.5. The summed E-state index contributed by atoms with van der Waals surface area (Å²) >= 11 is 6.54. The fourth-order valence-corrected chi connectivity index (χ4v) is 7.51. The van der Waals surface area contributed by atoms with E-state index in [1.165, 1.54) is 0 Å². The van der Waals surface area contributed by atoms with E-state index in [2.05, 4.69) is 0 Å². The average molecular weight is 590 g/mol. The molecule has 2 saturated heterocycles. The van der Waals surface area contributed by atoms with Crippen LogP contribution in [0.2, 0.25) is 5.02 Å². The summed E-state index contributed by atoms with van der Waals surface area (Å²) in [5, 5.41) is 9.90. The normalized spacial score (nSPS) is 30.3. The van der Waals surface area contributed by atoms with Gasteiger partial charge in [0.15, 0.2) is 0 Å². The number of anilines is 1. The number of likely N-dealkylation sites (tertiary alicyclic amines) is 1. The SMILES string of the molecule is CC[C@@]12C=CCN(Cc3ccccc3)C(=O)[C@@H]1[C@H]1C(=O)N(CCCCO)C3C(=O)N(c4ccccc4Cl)CC=C[C@@]31O2. The van der Waals surface area contributed by atoms with E-state index in [4.69, 9.17) is 16.3 Å². The Morgan fingerprint density at radius 3 is 2.38 bits per heavy atom. The molecule has 220 valence electrons. The first-order chi connectivity index (χ1) is 20.4. The highest BCUT2D eigenvalue weighted by Gasteiger charge is 2.75. The lowest BCUT2D eigenvalue weighted by molar-refractivity contribution is -0.150. The van der Waals surface area contributed by atoms with E-state index < -0.39 is 29.1 Å². The first kappa shape index (κ1) is 28.6. The van der Waals surface area contributed by atoms with Gasteiger partial charge in [-0.15, -0.1) is 0 Å². The molecule has 5 atom stereocenters. The molecule has 0 bridgehead atoms. The van der Waals surface area contributed by atoms with E-state index in [1.54, 1.807) is 32.9 Å². The number of unbranched alkanes of at least 4 members (excludes halogenated alkanes) is 1. The Hall–Kier alpha value is -3.46. The van der Waals surface area contributed by atoms with Gasteiger partial charge in [-0.1, -0.05) is 85.3 Å². The van der Waals surface area contributed by atoms with Crippen molar-refractivity contribution >= 4 is 35.0 Å². The molecule has 6 rings (SSSR count). The van der Waals surface area contributed by atoms with Crippen molar-refractivity contribution < 1.29 is 24.2 Å². The maximum atomic E-state index is 14.5. The molecule has 4 heterocycles. The summed E-state index contributed by atoms with van der Waals surface area (Å²) < 4.78 is 7.02. The lowest BCUT2D eigenvalue weighted by atomic mass is 9.73. The molecule has 2 fully saturated rings. The van der Waals surface area contributed by atoms with Gasteiger partial charge in [0, 0.05) is 32.8 Å². The summed E-state index contributed by atoms with van der Waals surface area (Å²) in [5.41, 5.74) is -0.819. The summed E-state index contributed by atoms with van der Waals surface area (Å²) in [7, 11) is 0. The van der Waals surface area contributed by atoms with Gasteiger partial charge in [0.05, 0.1) is 28.1 Å². The number of para-hydroxylation sites is 1. The van der Waals surface area contributed by atoms with Gasteiger partial charge in [0.1, 0.15) is 11.6 Å². The number of ether oxygens (including phenoxy) is 1. The lowest BCUT2D eigenvalue weighted by Gasteiger charge is -2.38. The highest BCUT2D eigenvalue weighted by Crippen LogP contribution is 2.58. The van der Waals surface area contributed by atoms with Crippen molar-refractivity contribution in [3.8, 4) is 0 Å². The zero-order valence-electron chi connectivity index (χ0n) is 23.7. The Bertz CT molecular complexity index is 1430. The second kappa shape index (κ2) is 11.3. The summed E-state index contributed by atoms with van der Waals surface area (Å²) in [6.45, 7) is 3.28. The van der Waals surface area contributed by atoms with Gasteiger partial charge in [-0.25, -0.2) is 0 Å². The Balaban J connectivity index is 1.45. The van der Waals surface area contributed by atoms with Crippen molar-refractivity contribution in [1.82, 2.24) is 9.80 Å². The Labute approximate surface area is 251 Å². The first-order valence-corrected chi connectivity index (χ1v) is 15.1. The molecular formula is C33H36ClN3O5. The number of fused-ring (bicyclic) bond motifs is 2. The predicted octanol–water partition coefficient (Wildman–Crippen LogP) is 3.97. The van der Waals surface area contributed by atoms with Crippen LogP contribution in [0.4, 0.5) is 5.69 Å². The van der Waals surface area contributed by atoms with Crippen molar-refractivity contribution in [2.45, 2.75) is 50.0 Å². The fraction of sp³-hybridized carbons (Fsp3) is 0.424. The molecule has 3 amide bonds. The second-order valence-electron chi connectivity index (χ2n) is 11.5. The van der Waals surface area contributed by atoms with Crippen LogP contribution in [0, 0.1) is 11.8 Å². The number of hydrogen-bond acceptors (Lipinski definition) is 5. The minimum Gasteiger partial charge on any atom is -0.396 e. The molecule has 0 aromatic heterocycles. The predicted molar refractivity (Wildman–Crippen MR) is 160 cm³/mol. The van der Waals surface area contributed by atoms with Crippen LogP contribution in [0.15, 0.2) is 78.9 Å². The standard InChI is InChI=1S/C33H36ClN3O5/c1-2-32-16-10-18-35(22-23-12-4-3-5-13-23)29(39)26(32)27-30(40)37(19-8-9-21-38)28-31(41)36(20-11-17-33(27,28)42-32)25-15-7-6-14-24(25)34/h3-7,10-17,26-28,38H,2,8-9,18-22H2,1H3/t26-,27-,28?,32+,33-/m0/s1. The summed E-state index contributed by atoms with van der Waals surface area (Å²) in [5.74, 6) is -2.39. The topological polar surface area (TPSA) is 90.4 Å². The zero-order valence-corrected chi connectivity index (χ0v) is 24.5. The molecule has 1 unspecified atom stereocenters. The molecule has 42 heavy (non-hydrogen) atoms. The number of carbonyl (C=O) groups is 3. The number of carbonyl (C=O) groups excluding carboxylic acids is 3. The van der Waals surface area contributed by atoms with Crippen LogP contribution < -0.4 is 4.90 Å². The summed E-state index contributed by atoms with van der Waals surface area (Å²) in [4.78, 5) is 48.5. The van der Waals surface area contributed by atoms with E-state index >= 15 is 0 Å². The molecule has 0 aliphatic carbocycles. The van der Waals surface area contributed by atoms with Gasteiger partial charge >= 0.3 is 0 Å². The Morgan fingerprint density at radius 1 is 0.905 bits per heavy atom. The number of hydrogen-bond donors (Lipinski definition) is 1. The monoisotopic (exact) mass is 589 g/mol. The summed E-state index contributed by atoms with van der Waals surface area (Å²) in [6.07, 6.45) is 9.10. The maximum Gasteiger partial charge on any atom is 0.253 e. The van der Waals surface area contributed by atoms with Crippen molar-refractivity contribution in [3.63, 3.8) is 0 Å². The highest BCUT2D eigenvalue weighted by atomic mass is 35.5. The van der Waals surface area contributed by atoms with E-state index in [0.29, 0.717) is 43.1 Å². The van der Waals surface area contributed by atoms with Gasteiger partial charge in [0.2, 0.25) is 11.8 Å². The molecule has 1 N–H and O–H groups in total. The molecule has 4 aliphatic heterocycles. The molecule has 4 aliphatic rings. The molecule has 1 spiro atoms. The third-order valence-corrected chi connectivity index (χ3v) is 9.51. The smallest absolute Gasteiger partial charge is 0.253 e. The quantitative estimate of drug-likeness (QED) is 0.372. The van der Waals surface area contributed by atoms with E-state index in [1.807, 2.05) is 67.6 Å². The van der Waals surface area contributed by atoms with Gasteiger partial charge < -0.3 is 24.5 Å². The number of benzene rings is 2. The van der Waals surface area contributed by atoms with Gasteiger partial charge in [-0.2, -0.15) is 0 Å². The van der Waals surface area contributed by atoms with Crippen molar-refractivity contribution in [2.75, 3.05) is 31.1 Å². The van der Waals surface area contributed by atoms with Gasteiger partial charge in [-0.3, -0.25) is 14.4 Å². The van der Waals surface area contributed by atoms with E-state index in [9.17, 15) is 19.5 Å². The minimum atomic E-state index is -1.33. The Morgan fingerprint density at radius 2 is 1.64 bits per heavy atom. The maximum absolute atomic E-state index is 14.5. The number of aliphatic hydroxyl groups is 1. The van der Waals surface area contributed by atoms with Crippen LogP contribution in [0.3, 0.4) is 0 Å². The molecular weight excluding hydrogens is 554 g/mol. The minimum absolute atomic E-state index is 0.0172. The Kier molecular flexibility index (Phi) is 7.72. The van der Waals surface area contributed by atoms with Crippen molar-refractivity contribution in [2.24, 2.45) is 11.8 Å². The molecule has 8 nitrogen and oxygen atoms in total. The molecule has 0 radical (unpaired) electrons. The number of amides is 3.